The molecule has 1 aromatic carbocycles. The van der Waals surface area contributed by atoms with E-state index in [1.54, 1.807) is 10.5 Å². The minimum Gasteiger partial charge on any atom is -0.331 e. The molecule has 3 nitrogen and oxygen atoms in total. The topological polar surface area (TPSA) is 33.5 Å². The second-order valence-corrected chi connectivity index (χ2v) is 8.72. The number of anilines is 1. The Morgan fingerprint density at radius 2 is 2.00 bits per heavy atom. The number of hydrogen-bond donors (Lipinski definition) is 2. The van der Waals surface area contributed by atoms with Gasteiger partial charge in [0, 0.05) is 28.8 Å². The molecular weight excluding hydrogens is 328 g/mol. The van der Waals surface area contributed by atoms with Gasteiger partial charge in [0.25, 0.3) is 5.91 Å². The molecule has 2 N–H and O–H groups in total. The Morgan fingerprint density at radius 1 is 1.24 bits per heavy atom. The van der Waals surface area contributed by atoms with E-state index in [9.17, 15) is 4.79 Å². The van der Waals surface area contributed by atoms with Crippen LogP contribution in [-0.4, -0.2) is 19.0 Å². The molecular formula is C21H27N2OS+. The fraction of sp³-hybridized carbons (Fsp3) is 0.476. The molecule has 1 aliphatic heterocycles. The van der Waals surface area contributed by atoms with Gasteiger partial charge in [-0.3, -0.25) is 4.79 Å². The van der Waals surface area contributed by atoms with E-state index in [0.29, 0.717) is 0 Å². The summed E-state index contributed by atoms with van der Waals surface area (Å²) in [6, 6.07) is 9.56. The first-order valence-corrected chi connectivity index (χ1v) is 10.4. The third-order valence-electron chi connectivity index (χ3n) is 5.62. The zero-order valence-electron chi connectivity index (χ0n) is 14.9. The lowest BCUT2D eigenvalue weighted by atomic mass is 9.88. The molecule has 0 saturated carbocycles. The minimum absolute atomic E-state index is 0.0184. The summed E-state index contributed by atoms with van der Waals surface area (Å²) in [5.74, 6) is 0.778. The maximum Gasteiger partial charge on any atom is 0.256 e. The largest absolute Gasteiger partial charge is 0.331 e. The van der Waals surface area contributed by atoms with Crippen molar-refractivity contribution >= 4 is 22.2 Å². The van der Waals surface area contributed by atoms with Crippen molar-refractivity contribution in [3.8, 4) is 0 Å². The summed E-state index contributed by atoms with van der Waals surface area (Å²) in [4.78, 5) is 15.9. The molecule has 1 atom stereocenters. The van der Waals surface area contributed by atoms with Gasteiger partial charge in [0.15, 0.2) is 0 Å². The summed E-state index contributed by atoms with van der Waals surface area (Å²) < 4.78 is 0. The zero-order chi connectivity index (χ0) is 17.2. The normalized spacial score (nSPS) is 20.4. The van der Waals surface area contributed by atoms with E-state index in [1.807, 2.05) is 41.7 Å². The second kappa shape index (κ2) is 7.30. The zero-order valence-corrected chi connectivity index (χ0v) is 15.8. The summed E-state index contributed by atoms with van der Waals surface area (Å²) >= 11 is 1.83. The van der Waals surface area contributed by atoms with E-state index in [2.05, 4.69) is 12.2 Å². The Kier molecular flexibility index (Phi) is 4.91. The van der Waals surface area contributed by atoms with E-state index in [0.717, 1.165) is 23.0 Å². The monoisotopic (exact) mass is 355 g/mol. The first-order valence-electron chi connectivity index (χ1n) is 9.54. The summed E-state index contributed by atoms with van der Waals surface area (Å²) in [6.45, 7) is 5.96. The van der Waals surface area contributed by atoms with Crippen LogP contribution in [0.5, 0.6) is 0 Å². The lowest BCUT2D eigenvalue weighted by molar-refractivity contribution is -0.901. The van der Waals surface area contributed by atoms with Crippen LogP contribution >= 0.6 is 11.3 Å². The van der Waals surface area contributed by atoms with Crippen molar-refractivity contribution in [1.29, 1.82) is 0 Å². The van der Waals surface area contributed by atoms with Crippen molar-refractivity contribution in [2.75, 3.05) is 18.4 Å². The molecule has 0 unspecified atom stereocenters. The fourth-order valence-electron chi connectivity index (χ4n) is 4.17. The van der Waals surface area contributed by atoms with Gasteiger partial charge in [0.2, 0.25) is 0 Å². The lowest BCUT2D eigenvalue weighted by Crippen LogP contribution is -3.08. The van der Waals surface area contributed by atoms with Gasteiger partial charge in [0.05, 0.1) is 13.1 Å². The standard InChI is InChI=1S/C21H26N2OS/c1-15-9-10-17-18(14-23-11-5-6-12-23)21(25-19(17)13-15)22-20(24)16-7-3-2-4-8-16/h2-4,7-8,15H,5-6,9-14H2,1H3,(H,22,24)/p+1/t15-/m1/s1. The van der Waals surface area contributed by atoms with Gasteiger partial charge < -0.3 is 10.2 Å². The highest BCUT2D eigenvalue weighted by molar-refractivity contribution is 7.16. The Morgan fingerprint density at radius 3 is 2.76 bits per heavy atom. The van der Waals surface area contributed by atoms with Gasteiger partial charge in [-0.2, -0.15) is 0 Å². The van der Waals surface area contributed by atoms with Crippen molar-refractivity contribution in [2.45, 2.75) is 45.6 Å². The van der Waals surface area contributed by atoms with Crippen LogP contribution in [0.1, 0.15) is 52.5 Å². The Hall–Kier alpha value is -1.65. The average Bonchev–Trinajstić information content (AvgIpc) is 3.24. The Balaban J connectivity index is 1.62. The van der Waals surface area contributed by atoms with E-state index >= 15 is 0 Å². The second-order valence-electron chi connectivity index (χ2n) is 7.61. The van der Waals surface area contributed by atoms with Gasteiger partial charge in [0.1, 0.15) is 11.5 Å². The maximum absolute atomic E-state index is 12.7. The number of quaternary nitrogens is 1. The first-order chi connectivity index (χ1) is 12.2. The molecule has 0 bridgehead atoms. The van der Waals surface area contributed by atoms with Crippen molar-refractivity contribution in [2.24, 2.45) is 5.92 Å². The van der Waals surface area contributed by atoms with Crippen molar-refractivity contribution in [3.63, 3.8) is 0 Å². The molecule has 0 spiro atoms. The van der Waals surface area contributed by atoms with E-state index in [-0.39, 0.29) is 5.91 Å². The fourth-order valence-corrected chi connectivity index (χ4v) is 5.60. The number of hydrogen-bond acceptors (Lipinski definition) is 2. The van der Waals surface area contributed by atoms with Crippen LogP contribution in [0.3, 0.4) is 0 Å². The molecule has 1 aliphatic carbocycles. The predicted molar refractivity (Wildman–Crippen MR) is 104 cm³/mol. The van der Waals surface area contributed by atoms with Crippen LogP contribution in [-0.2, 0) is 19.4 Å². The lowest BCUT2D eigenvalue weighted by Gasteiger charge is -2.20. The number of fused-ring (bicyclic) bond motifs is 1. The van der Waals surface area contributed by atoms with Gasteiger partial charge in [-0.15, -0.1) is 11.3 Å². The number of carbonyl (C=O) groups excluding carboxylic acids is 1. The van der Waals surface area contributed by atoms with Crippen LogP contribution in [0.2, 0.25) is 0 Å². The quantitative estimate of drug-likeness (QED) is 0.867. The molecule has 4 heteroatoms. The smallest absolute Gasteiger partial charge is 0.256 e. The van der Waals surface area contributed by atoms with Crippen LogP contribution < -0.4 is 10.2 Å². The first kappa shape index (κ1) is 16.8. The summed E-state index contributed by atoms with van der Waals surface area (Å²) in [5, 5.41) is 4.34. The number of benzene rings is 1. The van der Waals surface area contributed by atoms with Crippen molar-refractivity contribution < 1.29 is 9.69 Å². The molecule has 2 aromatic rings. The van der Waals surface area contributed by atoms with Crippen molar-refractivity contribution in [1.82, 2.24) is 0 Å². The highest BCUT2D eigenvalue weighted by Crippen LogP contribution is 2.39. The maximum atomic E-state index is 12.7. The van der Waals surface area contributed by atoms with Crippen LogP contribution in [0, 0.1) is 5.92 Å². The SMILES string of the molecule is C[C@@H]1CCc2c(sc(NC(=O)c3ccccc3)c2C[NH+]2CCCC2)C1. The number of thiophene rings is 1. The van der Waals surface area contributed by atoms with Crippen molar-refractivity contribution in [3.05, 3.63) is 51.9 Å². The number of nitrogens with one attached hydrogen (secondary N) is 2. The molecule has 132 valence electrons. The highest BCUT2D eigenvalue weighted by atomic mass is 32.1. The number of carbonyl (C=O) groups is 1. The van der Waals surface area contributed by atoms with Gasteiger partial charge in [-0.1, -0.05) is 25.1 Å². The van der Waals surface area contributed by atoms with E-state index < -0.39 is 0 Å². The molecule has 1 aromatic heterocycles. The third-order valence-corrected chi connectivity index (χ3v) is 6.83. The third kappa shape index (κ3) is 3.65. The summed E-state index contributed by atoms with van der Waals surface area (Å²) in [6.07, 6.45) is 6.30. The van der Waals surface area contributed by atoms with Crippen LogP contribution in [0.25, 0.3) is 0 Å². The van der Waals surface area contributed by atoms with Gasteiger partial charge in [-0.05, 0) is 42.9 Å². The molecule has 1 saturated heterocycles. The number of amides is 1. The minimum atomic E-state index is 0.0184. The Bertz CT molecular complexity index is 747. The molecule has 25 heavy (non-hydrogen) atoms. The highest BCUT2D eigenvalue weighted by Gasteiger charge is 2.28. The van der Waals surface area contributed by atoms with E-state index in [1.165, 1.54) is 55.6 Å². The van der Waals surface area contributed by atoms with Crippen LogP contribution in [0.4, 0.5) is 5.00 Å². The number of likely N-dealkylation sites (tertiary alicyclic amines) is 1. The van der Waals surface area contributed by atoms with Crippen LogP contribution in [0.15, 0.2) is 30.3 Å². The van der Waals surface area contributed by atoms with Gasteiger partial charge in [-0.25, -0.2) is 0 Å². The Labute approximate surface area is 154 Å². The summed E-state index contributed by atoms with van der Waals surface area (Å²) in [5.41, 5.74) is 3.71. The number of rotatable bonds is 4. The molecule has 2 aliphatic rings. The molecule has 0 radical (unpaired) electrons. The molecule has 1 fully saturated rings. The van der Waals surface area contributed by atoms with E-state index in [4.69, 9.17) is 0 Å². The average molecular weight is 356 g/mol. The predicted octanol–water partition coefficient (Wildman–Crippen LogP) is 3.30. The molecule has 1 amide bonds. The van der Waals surface area contributed by atoms with Gasteiger partial charge >= 0.3 is 0 Å². The summed E-state index contributed by atoms with van der Waals surface area (Å²) in [7, 11) is 0. The molecule has 4 rings (SSSR count). The molecule has 2 heterocycles.